The molecule has 0 amide bonds. The Balaban J connectivity index is 1.36. The number of hydrogen-bond donors (Lipinski definition) is 2. The number of rotatable bonds is 10. The van der Waals surface area contributed by atoms with Crippen LogP contribution in [0.5, 0.6) is 0 Å². The third kappa shape index (κ3) is 6.45. The van der Waals surface area contributed by atoms with Crippen molar-refractivity contribution in [1.29, 1.82) is 0 Å². The van der Waals surface area contributed by atoms with Crippen molar-refractivity contribution in [3.8, 4) is 0 Å². The van der Waals surface area contributed by atoms with Gasteiger partial charge in [0.2, 0.25) is 0 Å². The minimum atomic E-state index is -3.18. The highest BCUT2D eigenvalue weighted by Gasteiger charge is 2.58. The molecule has 53 heavy (non-hydrogen) atoms. The molecule has 3 heterocycles. The molecule has 11 heteroatoms. The van der Waals surface area contributed by atoms with Crippen LogP contribution in [0.25, 0.3) is 11.2 Å². The molecule has 0 radical (unpaired) electrons. The van der Waals surface area contributed by atoms with E-state index in [1.54, 1.807) is 6.33 Å². The van der Waals surface area contributed by atoms with Crippen LogP contribution in [0.15, 0.2) is 134 Å². The molecule has 0 spiro atoms. The summed E-state index contributed by atoms with van der Waals surface area (Å²) >= 11 is 0. The van der Waals surface area contributed by atoms with Crippen molar-refractivity contribution in [2.24, 2.45) is 0 Å². The Morgan fingerprint density at radius 1 is 0.679 bits per heavy atom. The number of nitrogens with two attached hydrogens (primary N) is 1. The first-order chi connectivity index (χ1) is 25.4. The van der Waals surface area contributed by atoms with Gasteiger partial charge >= 0.3 is 0 Å². The Morgan fingerprint density at radius 2 is 1.13 bits per heavy atom. The monoisotopic (exact) mass is 743 g/mol. The Bertz CT molecular complexity index is 2040. The highest BCUT2D eigenvalue weighted by molar-refractivity contribution is 7.00. The summed E-state index contributed by atoms with van der Waals surface area (Å²) in [5, 5.41) is 16.5. The molecule has 9 nitrogen and oxygen atoms in total. The maximum atomic E-state index is 12.6. The Hall–Kier alpha value is -4.50. The van der Waals surface area contributed by atoms with Crippen molar-refractivity contribution < 1.29 is 18.7 Å². The van der Waals surface area contributed by atoms with Crippen molar-refractivity contribution in [3.63, 3.8) is 0 Å². The summed E-state index contributed by atoms with van der Waals surface area (Å²) in [6.07, 6.45) is -0.387. The second kappa shape index (κ2) is 14.4. The number of fused-ring (bicyclic) bond motifs is 1. The summed E-state index contributed by atoms with van der Waals surface area (Å²) in [4.78, 5) is 13.3. The van der Waals surface area contributed by atoms with Gasteiger partial charge in [0.05, 0.1) is 12.9 Å². The fourth-order valence-electron chi connectivity index (χ4n) is 8.13. The number of aliphatic hydroxyl groups is 1. The number of hydrogen-bond acceptors (Lipinski definition) is 8. The molecule has 1 aliphatic rings. The van der Waals surface area contributed by atoms with E-state index in [4.69, 9.17) is 19.3 Å². The zero-order valence-electron chi connectivity index (χ0n) is 31.3. The molecule has 2 aromatic heterocycles. The maximum absolute atomic E-state index is 12.6. The summed E-state index contributed by atoms with van der Waals surface area (Å²) in [5.74, 6) is 0.267. The van der Waals surface area contributed by atoms with Crippen LogP contribution in [0.1, 0.15) is 47.8 Å². The zero-order chi connectivity index (χ0) is 37.4. The normalized spacial score (nSPS) is 19.8. The average molecular weight is 744 g/mol. The first kappa shape index (κ1) is 36.8. The van der Waals surface area contributed by atoms with Crippen molar-refractivity contribution in [2.75, 3.05) is 12.3 Å². The van der Waals surface area contributed by atoms with E-state index in [2.05, 4.69) is 154 Å². The van der Waals surface area contributed by atoms with Gasteiger partial charge in [0.15, 0.2) is 17.7 Å². The van der Waals surface area contributed by atoms with Gasteiger partial charge in [-0.05, 0) is 30.8 Å². The molecule has 1 aliphatic heterocycles. The topological polar surface area (TPSA) is 118 Å². The first-order valence-corrected chi connectivity index (χ1v) is 22.0. The molecule has 1 fully saturated rings. The van der Waals surface area contributed by atoms with Crippen molar-refractivity contribution >= 4 is 54.4 Å². The van der Waals surface area contributed by atoms with Gasteiger partial charge in [0.25, 0.3) is 16.6 Å². The first-order valence-electron chi connectivity index (χ1n) is 18.2. The lowest BCUT2D eigenvalue weighted by Gasteiger charge is -2.45. The van der Waals surface area contributed by atoms with Gasteiger partial charge in [-0.3, -0.25) is 4.57 Å². The van der Waals surface area contributed by atoms with E-state index in [-0.39, 0.29) is 22.5 Å². The Morgan fingerprint density at radius 3 is 1.58 bits per heavy atom. The SMILES string of the molecule is CC(C)(C)[Si](OC[C@H]1O[C@@H](n2cnc3c(N)ncnc32)[C@H](O[Si](c2ccccc2)(c2ccccc2)C(C)(C)C)[C@@H]1O)(c1ccccc1)c1ccccc1. The van der Waals surface area contributed by atoms with Crippen molar-refractivity contribution in [1.82, 2.24) is 19.5 Å². The predicted octanol–water partition coefficient (Wildman–Crippen LogP) is 5.19. The van der Waals surface area contributed by atoms with Gasteiger partial charge in [-0.2, -0.15) is 0 Å². The molecular formula is C42H49N5O4Si2. The van der Waals surface area contributed by atoms with Crippen LogP contribution in [0.2, 0.25) is 10.1 Å². The molecule has 4 aromatic carbocycles. The van der Waals surface area contributed by atoms with E-state index in [1.807, 2.05) is 28.8 Å². The van der Waals surface area contributed by atoms with Crippen molar-refractivity contribution in [3.05, 3.63) is 134 Å². The van der Waals surface area contributed by atoms with Gasteiger partial charge in [0.1, 0.15) is 30.2 Å². The molecule has 4 atom stereocenters. The Kier molecular flexibility index (Phi) is 10.0. The summed E-state index contributed by atoms with van der Waals surface area (Å²) in [6, 6.07) is 41.8. The van der Waals surface area contributed by atoms with Crippen LogP contribution in [0, 0.1) is 0 Å². The minimum absolute atomic E-state index is 0.134. The molecule has 3 N–H and O–H groups in total. The predicted molar refractivity (Wildman–Crippen MR) is 216 cm³/mol. The van der Waals surface area contributed by atoms with Crippen LogP contribution in [0.3, 0.4) is 0 Å². The van der Waals surface area contributed by atoms with E-state index in [0.29, 0.717) is 11.2 Å². The molecule has 1 saturated heterocycles. The molecule has 0 bridgehead atoms. The van der Waals surface area contributed by atoms with Crippen LogP contribution >= 0.6 is 0 Å². The lowest BCUT2D eigenvalue weighted by molar-refractivity contribution is -0.0468. The smallest absolute Gasteiger partial charge is 0.261 e. The number of anilines is 1. The van der Waals surface area contributed by atoms with Gasteiger partial charge in [-0.15, -0.1) is 0 Å². The number of imidazole rings is 1. The number of nitrogen functional groups attached to an aromatic ring is 1. The average Bonchev–Trinajstić information content (AvgIpc) is 3.72. The fourth-order valence-corrected chi connectivity index (χ4v) is 17.4. The third-order valence-electron chi connectivity index (χ3n) is 10.6. The quantitative estimate of drug-likeness (QED) is 0.184. The zero-order valence-corrected chi connectivity index (χ0v) is 33.3. The van der Waals surface area contributed by atoms with Crippen LogP contribution in [-0.2, 0) is 13.6 Å². The van der Waals surface area contributed by atoms with Gasteiger partial charge in [-0.1, -0.05) is 163 Å². The van der Waals surface area contributed by atoms with Crippen LogP contribution in [0.4, 0.5) is 5.82 Å². The highest BCUT2D eigenvalue weighted by atomic mass is 28.4. The number of aliphatic hydroxyl groups excluding tert-OH is 1. The van der Waals surface area contributed by atoms with E-state index in [9.17, 15) is 5.11 Å². The molecule has 7 rings (SSSR count). The second-order valence-electron chi connectivity index (χ2n) is 15.9. The third-order valence-corrected chi connectivity index (χ3v) is 20.6. The lowest BCUT2D eigenvalue weighted by Crippen LogP contribution is -2.69. The minimum Gasteiger partial charge on any atom is -0.405 e. The maximum Gasteiger partial charge on any atom is 0.261 e. The highest BCUT2D eigenvalue weighted by Crippen LogP contribution is 2.44. The molecule has 0 saturated carbocycles. The summed E-state index contributed by atoms with van der Waals surface area (Å²) < 4.78 is 23.8. The summed E-state index contributed by atoms with van der Waals surface area (Å²) in [7, 11) is -6.15. The number of nitrogens with zero attached hydrogens (tertiary/aromatic N) is 4. The second-order valence-corrected chi connectivity index (χ2v) is 24.4. The van der Waals surface area contributed by atoms with Crippen LogP contribution < -0.4 is 26.5 Å². The number of ether oxygens (including phenoxy) is 1. The standard InChI is InChI=1S/C42H49N5O4Si2/c1-41(2,3)52(30-19-11-7-12-20-30,31-21-13-8-14-22-31)49-27-34-36(48)37(40(50-34)47-29-46-35-38(43)44-28-45-39(35)47)51-53(42(4,5)6,32-23-15-9-16-24-32)33-25-17-10-18-26-33/h7-26,28-29,34,36-37,40,48H,27H2,1-6H3,(H2,43,44,45)/t34-,36-,37-,40-/m1/s1. The van der Waals surface area contributed by atoms with E-state index >= 15 is 0 Å². The van der Waals surface area contributed by atoms with Crippen LogP contribution in [-0.4, -0.2) is 66.2 Å². The molecule has 0 aliphatic carbocycles. The van der Waals surface area contributed by atoms with Gasteiger partial charge in [0, 0.05) is 0 Å². The molecule has 6 aromatic rings. The van der Waals surface area contributed by atoms with Gasteiger partial charge < -0.3 is 24.4 Å². The fraction of sp³-hybridized carbons (Fsp3) is 0.310. The van der Waals surface area contributed by atoms with E-state index < -0.39 is 41.2 Å². The van der Waals surface area contributed by atoms with Gasteiger partial charge in [-0.25, -0.2) is 15.0 Å². The summed E-state index contributed by atoms with van der Waals surface area (Å²) in [6.45, 7) is 13.5. The number of aromatic nitrogens is 4. The van der Waals surface area contributed by atoms with E-state index in [0.717, 1.165) is 20.7 Å². The largest absolute Gasteiger partial charge is 0.405 e. The summed E-state index contributed by atoms with van der Waals surface area (Å²) in [5.41, 5.74) is 7.22. The number of benzene rings is 4. The lowest BCUT2D eigenvalue weighted by atomic mass is 10.1. The molecule has 274 valence electrons. The molecular weight excluding hydrogens is 695 g/mol. The molecule has 0 unspecified atom stereocenters. The van der Waals surface area contributed by atoms with E-state index in [1.165, 1.54) is 6.33 Å². The Labute approximate surface area is 314 Å². The van der Waals surface area contributed by atoms with Crippen molar-refractivity contribution in [2.45, 2.75) is 76.2 Å².